The predicted octanol–water partition coefficient (Wildman–Crippen LogP) is 6.46. The Morgan fingerprint density at radius 3 is 1.89 bits per heavy atom. The Hall–Kier alpha value is -5.27. The lowest BCUT2D eigenvalue weighted by atomic mass is 9.77. The summed E-state index contributed by atoms with van der Waals surface area (Å²) in [6.07, 6.45) is 4.11. The van der Waals surface area contributed by atoms with Crippen molar-refractivity contribution in [3.63, 3.8) is 0 Å². The number of nitrogens with zero attached hydrogens (tertiary/aromatic N) is 6. The molecule has 6 aromatic rings. The first-order valence-electron chi connectivity index (χ1n) is 16.2. The molecule has 1 saturated heterocycles. The fourth-order valence-electron chi connectivity index (χ4n) is 6.90. The molecule has 1 fully saturated rings. The van der Waals surface area contributed by atoms with Crippen LogP contribution >= 0.6 is 0 Å². The number of amides is 1. The lowest BCUT2D eigenvalue weighted by Crippen LogP contribution is -2.49. The third kappa shape index (κ3) is 5.68. The first kappa shape index (κ1) is 30.4. The van der Waals surface area contributed by atoms with Gasteiger partial charge >= 0.3 is 0 Å². The van der Waals surface area contributed by atoms with Crippen molar-refractivity contribution >= 4 is 22.5 Å². The molecule has 7 rings (SSSR count). The van der Waals surface area contributed by atoms with Crippen LogP contribution in [-0.4, -0.2) is 77.3 Å². The summed E-state index contributed by atoms with van der Waals surface area (Å²) in [6, 6.07) is 40.6. The minimum absolute atomic E-state index is 0.143. The highest BCUT2D eigenvalue weighted by Gasteiger charge is 2.39. The quantitative estimate of drug-likeness (QED) is 0.183. The number of likely N-dealkylation sites (N-methyl/N-ethyl adjacent to an activating group) is 1. The number of hydrogen-bond acceptors (Lipinski definition) is 5. The molecule has 3 heterocycles. The minimum atomic E-state index is -0.677. The molecule has 1 aliphatic heterocycles. The Bertz CT molecular complexity index is 1880. The van der Waals surface area contributed by atoms with Crippen LogP contribution in [0.25, 0.3) is 22.0 Å². The van der Waals surface area contributed by atoms with Crippen molar-refractivity contribution < 1.29 is 4.79 Å². The molecule has 1 amide bonds. The van der Waals surface area contributed by atoms with Gasteiger partial charge in [-0.1, -0.05) is 97.1 Å². The molecular weight excluding hydrogens is 580 g/mol. The summed E-state index contributed by atoms with van der Waals surface area (Å²) in [7, 11) is 3.63. The summed E-state index contributed by atoms with van der Waals surface area (Å²) < 4.78 is 2.15. The van der Waals surface area contributed by atoms with Crippen molar-refractivity contribution in [1.29, 1.82) is 0 Å². The number of carbonyl (C=O) groups is 1. The fourth-order valence-corrected chi connectivity index (χ4v) is 6.90. The van der Waals surface area contributed by atoms with E-state index >= 15 is 0 Å². The summed E-state index contributed by atoms with van der Waals surface area (Å²) in [5, 5.41) is 6.40. The third-order valence-corrected chi connectivity index (χ3v) is 9.42. The Kier molecular flexibility index (Phi) is 8.31. The SMILES string of the molecule is Cc1nn(C(c2ccccc2)(c2ccccc2)c2ccccc2)cc1-c1ccc2nccc(N3CCN(CC(=O)N(C)C)CC3)c2c1. The number of carbonyl (C=O) groups excluding carboxylic acids is 1. The molecule has 0 spiro atoms. The lowest BCUT2D eigenvalue weighted by Gasteiger charge is -2.36. The number of rotatable bonds is 8. The van der Waals surface area contributed by atoms with Gasteiger partial charge in [-0.15, -0.1) is 0 Å². The van der Waals surface area contributed by atoms with Crippen molar-refractivity contribution in [3.8, 4) is 11.1 Å². The maximum Gasteiger partial charge on any atom is 0.236 e. The second-order valence-electron chi connectivity index (χ2n) is 12.5. The van der Waals surface area contributed by atoms with Crippen LogP contribution < -0.4 is 4.90 Å². The van der Waals surface area contributed by atoms with Gasteiger partial charge in [-0.25, -0.2) is 0 Å². The van der Waals surface area contributed by atoms with Crippen LogP contribution in [0, 0.1) is 6.92 Å². The van der Waals surface area contributed by atoms with E-state index in [0.717, 1.165) is 70.6 Å². The molecule has 0 atom stereocenters. The van der Waals surface area contributed by atoms with Gasteiger partial charge < -0.3 is 9.80 Å². The van der Waals surface area contributed by atoms with Crippen LogP contribution in [0.5, 0.6) is 0 Å². The number of anilines is 1. The minimum Gasteiger partial charge on any atom is -0.368 e. The normalized spacial score (nSPS) is 14.0. The van der Waals surface area contributed by atoms with Crippen molar-refractivity contribution in [2.75, 3.05) is 51.7 Å². The molecule has 0 bridgehead atoms. The van der Waals surface area contributed by atoms with Gasteiger partial charge in [-0.05, 0) is 47.4 Å². The fraction of sp³-hybridized carbons (Fsp3) is 0.225. The number of benzene rings is 4. The number of fused-ring (bicyclic) bond motifs is 1. The Balaban J connectivity index is 1.30. The Labute approximate surface area is 276 Å². The largest absolute Gasteiger partial charge is 0.368 e. The average molecular weight is 621 g/mol. The number of pyridine rings is 1. The van der Waals surface area contributed by atoms with Gasteiger partial charge in [0, 0.05) is 69.3 Å². The highest BCUT2D eigenvalue weighted by molar-refractivity contribution is 5.95. The number of piperazine rings is 1. The monoisotopic (exact) mass is 620 g/mol. The van der Waals surface area contributed by atoms with Crippen molar-refractivity contribution in [3.05, 3.63) is 150 Å². The second-order valence-corrected chi connectivity index (χ2v) is 12.5. The third-order valence-electron chi connectivity index (χ3n) is 9.42. The molecule has 7 heteroatoms. The van der Waals surface area contributed by atoms with E-state index in [9.17, 15) is 4.79 Å². The summed E-state index contributed by atoms with van der Waals surface area (Å²) in [5.74, 6) is 0.143. The van der Waals surface area contributed by atoms with Gasteiger partial charge in [0.05, 0.1) is 17.8 Å². The van der Waals surface area contributed by atoms with Gasteiger partial charge in [0.1, 0.15) is 5.54 Å². The zero-order valence-corrected chi connectivity index (χ0v) is 27.3. The van der Waals surface area contributed by atoms with Gasteiger partial charge in [-0.2, -0.15) is 5.10 Å². The second kappa shape index (κ2) is 12.9. The molecule has 4 aromatic carbocycles. The number of aryl methyl sites for hydroxylation is 1. The van der Waals surface area contributed by atoms with Crippen LogP contribution in [0.2, 0.25) is 0 Å². The van der Waals surface area contributed by atoms with Crippen LogP contribution in [-0.2, 0) is 10.3 Å². The molecule has 0 saturated carbocycles. The van der Waals surface area contributed by atoms with Crippen molar-refractivity contribution in [2.24, 2.45) is 0 Å². The molecule has 7 nitrogen and oxygen atoms in total. The number of hydrogen-bond donors (Lipinski definition) is 0. The Morgan fingerprint density at radius 2 is 1.34 bits per heavy atom. The summed E-state index contributed by atoms with van der Waals surface area (Å²) in [5.41, 5.74) is 8.04. The van der Waals surface area contributed by atoms with Crippen LogP contribution in [0.3, 0.4) is 0 Å². The summed E-state index contributed by atoms with van der Waals surface area (Å²) in [4.78, 5) is 23.3. The maximum absolute atomic E-state index is 12.3. The summed E-state index contributed by atoms with van der Waals surface area (Å²) in [6.45, 7) is 5.95. The molecule has 1 aliphatic rings. The smallest absolute Gasteiger partial charge is 0.236 e. The standard InChI is InChI=1S/C40H40N6O/c1-30-36(31-19-20-37-35(27-31)38(21-22-41-37)45-25-23-44(24-26-45)29-39(47)43(2)3)28-46(42-30)40(32-13-7-4-8-14-32,33-15-9-5-10-16-33)34-17-11-6-12-18-34/h4-22,27-28H,23-26,29H2,1-3H3. The van der Waals surface area contributed by atoms with Gasteiger partial charge in [-0.3, -0.25) is 19.4 Å². The van der Waals surface area contributed by atoms with E-state index in [0.29, 0.717) is 6.54 Å². The molecule has 47 heavy (non-hydrogen) atoms. The molecule has 0 radical (unpaired) electrons. The first-order chi connectivity index (χ1) is 22.9. The molecule has 236 valence electrons. The van der Waals surface area contributed by atoms with Crippen LogP contribution in [0.15, 0.2) is 128 Å². The molecule has 2 aromatic heterocycles. The van der Waals surface area contributed by atoms with Gasteiger partial charge in [0.15, 0.2) is 0 Å². The van der Waals surface area contributed by atoms with Crippen LogP contribution in [0.1, 0.15) is 22.4 Å². The van der Waals surface area contributed by atoms with Gasteiger partial charge in [0.2, 0.25) is 5.91 Å². The predicted molar refractivity (Wildman–Crippen MR) is 190 cm³/mol. The van der Waals surface area contributed by atoms with E-state index < -0.39 is 5.54 Å². The van der Waals surface area contributed by atoms with E-state index in [2.05, 4.69) is 143 Å². The first-order valence-corrected chi connectivity index (χ1v) is 16.2. The summed E-state index contributed by atoms with van der Waals surface area (Å²) >= 11 is 0. The van der Waals surface area contributed by atoms with Crippen molar-refractivity contribution in [1.82, 2.24) is 24.6 Å². The van der Waals surface area contributed by atoms with Crippen molar-refractivity contribution in [2.45, 2.75) is 12.5 Å². The molecule has 0 unspecified atom stereocenters. The highest BCUT2D eigenvalue weighted by atomic mass is 16.2. The van der Waals surface area contributed by atoms with Gasteiger partial charge in [0.25, 0.3) is 0 Å². The molecule has 0 aliphatic carbocycles. The Morgan fingerprint density at radius 1 is 0.766 bits per heavy atom. The lowest BCUT2D eigenvalue weighted by molar-refractivity contribution is -0.129. The van der Waals surface area contributed by atoms with E-state index in [-0.39, 0.29) is 5.91 Å². The highest BCUT2D eigenvalue weighted by Crippen LogP contribution is 2.42. The topological polar surface area (TPSA) is 57.5 Å². The zero-order chi connectivity index (χ0) is 32.4. The van der Waals surface area contributed by atoms with E-state index in [4.69, 9.17) is 10.1 Å². The van der Waals surface area contributed by atoms with E-state index in [1.54, 1.807) is 4.90 Å². The van der Waals surface area contributed by atoms with E-state index in [1.807, 2.05) is 20.3 Å². The number of aromatic nitrogens is 3. The zero-order valence-electron chi connectivity index (χ0n) is 27.3. The van der Waals surface area contributed by atoms with Crippen LogP contribution in [0.4, 0.5) is 5.69 Å². The molecule has 0 N–H and O–H groups in total. The molecular formula is C40H40N6O. The average Bonchev–Trinajstić information content (AvgIpc) is 3.51. The van der Waals surface area contributed by atoms with E-state index in [1.165, 1.54) is 5.69 Å². The maximum atomic E-state index is 12.3.